The van der Waals surface area contributed by atoms with Crippen LogP contribution in [0.25, 0.3) is 0 Å². The lowest BCUT2D eigenvalue weighted by Gasteiger charge is -2.20. The first kappa shape index (κ1) is 13.8. The molecule has 2 unspecified atom stereocenters. The third-order valence-corrected chi connectivity index (χ3v) is 4.00. The predicted molar refractivity (Wildman–Crippen MR) is 70.6 cm³/mol. The van der Waals surface area contributed by atoms with E-state index in [2.05, 4.69) is 12.2 Å². The van der Waals surface area contributed by atoms with Crippen LogP contribution >= 0.6 is 11.8 Å². The van der Waals surface area contributed by atoms with Crippen molar-refractivity contribution >= 4 is 17.7 Å². The number of nitrogens with one attached hydrogen (secondary N) is 1. The summed E-state index contributed by atoms with van der Waals surface area (Å²) in [7, 11) is 0. The Morgan fingerprint density at radius 3 is 2.75 bits per heavy atom. The maximum absolute atomic E-state index is 11.7. The van der Waals surface area contributed by atoms with Crippen LogP contribution in [0.4, 0.5) is 0 Å². The first-order valence-electron chi connectivity index (χ1n) is 6.10. The number of nitrogens with two attached hydrogens (primary N) is 1. The highest BCUT2D eigenvalue weighted by atomic mass is 32.2. The lowest BCUT2D eigenvalue weighted by atomic mass is 10.0. The highest BCUT2D eigenvalue weighted by Crippen LogP contribution is 2.29. The van der Waals surface area contributed by atoms with Crippen molar-refractivity contribution in [2.24, 2.45) is 5.73 Å². The summed E-state index contributed by atoms with van der Waals surface area (Å²) in [6, 6.07) is 0.374. The maximum atomic E-state index is 11.7. The van der Waals surface area contributed by atoms with E-state index in [4.69, 9.17) is 5.73 Å². The largest absolute Gasteiger partial charge is 0.353 e. The normalized spacial score (nSPS) is 25.8. The summed E-state index contributed by atoms with van der Waals surface area (Å²) in [5, 5.41) is 3.83. The Bertz CT molecular complexity index is 238. The number of hydrogen-bond acceptors (Lipinski definition) is 3. The van der Waals surface area contributed by atoms with Gasteiger partial charge in [0.15, 0.2) is 0 Å². The third kappa shape index (κ3) is 5.21. The zero-order valence-electron chi connectivity index (χ0n) is 10.6. The van der Waals surface area contributed by atoms with Gasteiger partial charge < -0.3 is 11.1 Å². The molecule has 0 aliphatic heterocycles. The Balaban J connectivity index is 2.26. The van der Waals surface area contributed by atoms with Crippen LogP contribution in [0.2, 0.25) is 0 Å². The minimum Gasteiger partial charge on any atom is -0.353 e. The second kappa shape index (κ2) is 5.92. The van der Waals surface area contributed by atoms with E-state index in [1.165, 1.54) is 12.2 Å². The average Bonchev–Trinajstić information content (AvgIpc) is 2.49. The van der Waals surface area contributed by atoms with E-state index < -0.39 is 5.54 Å². The minimum absolute atomic E-state index is 0.0969. The topological polar surface area (TPSA) is 55.1 Å². The zero-order chi connectivity index (χ0) is 12.2. The molecular weight excluding hydrogens is 220 g/mol. The van der Waals surface area contributed by atoms with Gasteiger partial charge in [-0.05, 0) is 38.9 Å². The Morgan fingerprint density at radius 2 is 2.19 bits per heavy atom. The Morgan fingerprint density at radius 1 is 1.50 bits per heavy atom. The molecule has 1 aliphatic rings. The lowest BCUT2D eigenvalue weighted by Crippen LogP contribution is -2.42. The van der Waals surface area contributed by atoms with Crippen molar-refractivity contribution in [2.45, 2.75) is 63.3 Å². The van der Waals surface area contributed by atoms with E-state index >= 15 is 0 Å². The molecular formula is C12H24N2OS. The lowest BCUT2D eigenvalue weighted by molar-refractivity contribution is -0.122. The number of thioether (sulfide) groups is 1. The molecule has 1 fully saturated rings. The van der Waals surface area contributed by atoms with Gasteiger partial charge >= 0.3 is 0 Å². The molecule has 0 bridgehead atoms. The summed E-state index contributed by atoms with van der Waals surface area (Å²) in [4.78, 5) is 11.7. The highest BCUT2D eigenvalue weighted by Gasteiger charge is 2.26. The van der Waals surface area contributed by atoms with E-state index in [0.29, 0.717) is 12.5 Å². The molecule has 0 aromatic carbocycles. The van der Waals surface area contributed by atoms with Crippen molar-refractivity contribution in [1.29, 1.82) is 0 Å². The molecule has 1 amide bonds. The average molecular weight is 244 g/mol. The molecule has 1 rings (SSSR count). The van der Waals surface area contributed by atoms with E-state index in [1.54, 1.807) is 0 Å². The van der Waals surface area contributed by atoms with Crippen LogP contribution in [0.1, 0.15) is 46.5 Å². The van der Waals surface area contributed by atoms with Gasteiger partial charge in [0.1, 0.15) is 0 Å². The maximum Gasteiger partial charge on any atom is 0.222 e. The molecule has 0 radical (unpaired) electrons. The molecule has 0 spiro atoms. The van der Waals surface area contributed by atoms with Gasteiger partial charge in [-0.2, -0.15) is 11.8 Å². The van der Waals surface area contributed by atoms with Crippen LogP contribution in [0, 0.1) is 0 Å². The molecule has 94 valence electrons. The highest BCUT2D eigenvalue weighted by molar-refractivity contribution is 7.99. The SMILES string of the molecule is CCSC1CCC(NC(=O)CC(C)(C)N)C1. The summed E-state index contributed by atoms with van der Waals surface area (Å²) in [5.74, 6) is 1.26. The molecule has 1 saturated carbocycles. The monoisotopic (exact) mass is 244 g/mol. The predicted octanol–water partition coefficient (Wildman–Crippen LogP) is 1.90. The smallest absolute Gasteiger partial charge is 0.222 e. The summed E-state index contributed by atoms with van der Waals surface area (Å²) < 4.78 is 0. The number of rotatable bonds is 5. The number of carbonyl (C=O) groups excluding carboxylic acids is 1. The van der Waals surface area contributed by atoms with Crippen molar-refractivity contribution < 1.29 is 4.79 Å². The van der Waals surface area contributed by atoms with Crippen molar-refractivity contribution in [1.82, 2.24) is 5.32 Å². The van der Waals surface area contributed by atoms with Gasteiger partial charge in [-0.1, -0.05) is 6.92 Å². The summed E-state index contributed by atoms with van der Waals surface area (Å²) in [5.41, 5.74) is 5.42. The molecule has 3 nitrogen and oxygen atoms in total. The standard InChI is InChI=1S/C12H24N2OS/c1-4-16-10-6-5-9(7-10)14-11(15)8-12(2,3)13/h9-10H,4-8,13H2,1-3H3,(H,14,15). The number of hydrogen-bond donors (Lipinski definition) is 2. The fourth-order valence-corrected chi connectivity index (χ4v) is 3.29. The molecule has 0 heterocycles. The number of amides is 1. The van der Waals surface area contributed by atoms with Crippen molar-refractivity contribution in [3.8, 4) is 0 Å². The number of carbonyl (C=O) groups is 1. The first-order valence-corrected chi connectivity index (χ1v) is 7.15. The van der Waals surface area contributed by atoms with E-state index in [0.717, 1.165) is 18.1 Å². The van der Waals surface area contributed by atoms with Crippen molar-refractivity contribution in [3.63, 3.8) is 0 Å². The third-order valence-electron chi connectivity index (χ3n) is 2.77. The summed E-state index contributed by atoms with van der Waals surface area (Å²) >= 11 is 2.01. The van der Waals surface area contributed by atoms with E-state index in [-0.39, 0.29) is 5.91 Å². The van der Waals surface area contributed by atoms with E-state index in [1.807, 2.05) is 25.6 Å². The van der Waals surface area contributed by atoms with Crippen molar-refractivity contribution in [2.75, 3.05) is 5.75 Å². The molecule has 0 aromatic rings. The quantitative estimate of drug-likeness (QED) is 0.776. The molecule has 0 aromatic heterocycles. The minimum atomic E-state index is -0.403. The summed E-state index contributed by atoms with van der Waals surface area (Å²) in [6.45, 7) is 5.96. The van der Waals surface area contributed by atoms with Crippen LogP contribution in [-0.4, -0.2) is 28.5 Å². The van der Waals surface area contributed by atoms with Gasteiger partial charge in [-0.3, -0.25) is 4.79 Å². The molecule has 3 N–H and O–H groups in total. The molecule has 16 heavy (non-hydrogen) atoms. The van der Waals surface area contributed by atoms with Crippen LogP contribution in [-0.2, 0) is 4.79 Å². The molecule has 1 aliphatic carbocycles. The van der Waals surface area contributed by atoms with Crippen LogP contribution in [0.15, 0.2) is 0 Å². The first-order chi connectivity index (χ1) is 7.40. The fraction of sp³-hybridized carbons (Fsp3) is 0.917. The van der Waals surface area contributed by atoms with Gasteiger partial charge in [0.25, 0.3) is 0 Å². The molecule has 2 atom stereocenters. The Kier molecular flexibility index (Phi) is 5.12. The molecule has 0 saturated heterocycles. The van der Waals surface area contributed by atoms with Crippen LogP contribution < -0.4 is 11.1 Å². The van der Waals surface area contributed by atoms with Crippen molar-refractivity contribution in [3.05, 3.63) is 0 Å². The van der Waals surface area contributed by atoms with Gasteiger partial charge in [0, 0.05) is 23.3 Å². The Labute approximate surface area is 103 Å². The Hall–Kier alpha value is -0.220. The van der Waals surface area contributed by atoms with E-state index in [9.17, 15) is 4.79 Å². The summed E-state index contributed by atoms with van der Waals surface area (Å²) in [6.07, 6.45) is 3.88. The van der Waals surface area contributed by atoms with Crippen LogP contribution in [0.3, 0.4) is 0 Å². The van der Waals surface area contributed by atoms with Gasteiger partial charge in [-0.15, -0.1) is 0 Å². The second-order valence-corrected chi connectivity index (χ2v) is 6.90. The fourth-order valence-electron chi connectivity index (χ4n) is 2.15. The van der Waals surface area contributed by atoms with Gasteiger partial charge in [0.2, 0.25) is 5.91 Å². The zero-order valence-corrected chi connectivity index (χ0v) is 11.4. The van der Waals surface area contributed by atoms with Gasteiger partial charge in [-0.25, -0.2) is 0 Å². The second-order valence-electron chi connectivity index (χ2n) is 5.32. The molecule has 4 heteroatoms. The van der Waals surface area contributed by atoms with Crippen LogP contribution in [0.5, 0.6) is 0 Å². The van der Waals surface area contributed by atoms with Gasteiger partial charge in [0.05, 0.1) is 0 Å².